The van der Waals surface area contributed by atoms with E-state index in [2.05, 4.69) is 117 Å². The molecule has 40 heavy (non-hydrogen) atoms. The molecule has 0 fully saturated rings. The Balaban J connectivity index is 1.25. The zero-order valence-electron chi connectivity index (χ0n) is 22.6. The van der Waals surface area contributed by atoms with E-state index in [9.17, 15) is 0 Å². The van der Waals surface area contributed by atoms with Crippen LogP contribution in [-0.2, 0) is 0 Å². The van der Waals surface area contributed by atoms with Crippen LogP contribution >= 0.6 is 0 Å². The van der Waals surface area contributed by atoms with E-state index in [1.807, 2.05) is 0 Å². The van der Waals surface area contributed by atoms with Crippen LogP contribution < -0.4 is 0 Å². The summed E-state index contributed by atoms with van der Waals surface area (Å²) >= 11 is 0. The Morgan fingerprint density at radius 3 is 1.73 bits per heavy atom. The fourth-order valence-corrected chi connectivity index (χ4v) is 6.33. The lowest BCUT2D eigenvalue weighted by Gasteiger charge is -2.11. The minimum Gasteiger partial charge on any atom is -0.456 e. The molecule has 2 heterocycles. The van der Waals surface area contributed by atoms with Gasteiger partial charge in [0.15, 0.2) is 0 Å². The third-order valence-corrected chi connectivity index (χ3v) is 8.18. The molecule has 0 aliphatic carbocycles. The van der Waals surface area contributed by atoms with Crippen LogP contribution in [0, 0.1) is 20.8 Å². The van der Waals surface area contributed by atoms with Crippen molar-refractivity contribution in [2.45, 2.75) is 20.8 Å². The molecule has 6 aromatic carbocycles. The van der Waals surface area contributed by atoms with E-state index < -0.39 is 0 Å². The summed E-state index contributed by atoms with van der Waals surface area (Å²) in [4.78, 5) is 9.35. The van der Waals surface area contributed by atoms with E-state index >= 15 is 0 Å². The van der Waals surface area contributed by atoms with E-state index in [4.69, 9.17) is 9.40 Å². The van der Waals surface area contributed by atoms with Crippen molar-refractivity contribution in [2.75, 3.05) is 0 Å². The van der Waals surface area contributed by atoms with Gasteiger partial charge in [0, 0.05) is 33.9 Å². The number of aromatic nitrogens is 2. The van der Waals surface area contributed by atoms with Gasteiger partial charge < -0.3 is 4.42 Å². The van der Waals surface area contributed by atoms with Crippen molar-refractivity contribution in [2.24, 2.45) is 0 Å². The Kier molecular flexibility index (Phi) is 4.86. The van der Waals surface area contributed by atoms with Gasteiger partial charge in [-0.25, -0.2) is 0 Å². The van der Waals surface area contributed by atoms with E-state index in [1.54, 1.807) is 12.4 Å². The molecule has 0 spiro atoms. The largest absolute Gasteiger partial charge is 0.456 e. The molecule has 8 rings (SSSR count). The van der Waals surface area contributed by atoms with Gasteiger partial charge in [0.1, 0.15) is 11.2 Å². The molecule has 0 saturated heterocycles. The second kappa shape index (κ2) is 8.49. The van der Waals surface area contributed by atoms with Crippen LogP contribution in [0.2, 0.25) is 0 Å². The second-order valence-electron chi connectivity index (χ2n) is 10.9. The molecule has 0 amide bonds. The van der Waals surface area contributed by atoms with Crippen molar-refractivity contribution in [3.63, 3.8) is 0 Å². The first-order valence-corrected chi connectivity index (χ1v) is 13.7. The summed E-state index contributed by atoms with van der Waals surface area (Å²) in [5, 5.41) is 7.03. The summed E-state index contributed by atoms with van der Waals surface area (Å²) in [6, 6.07) is 33.0. The third-order valence-electron chi connectivity index (χ3n) is 8.18. The fourth-order valence-electron chi connectivity index (χ4n) is 6.33. The van der Waals surface area contributed by atoms with Crippen LogP contribution in [0.4, 0.5) is 0 Å². The Labute approximate surface area is 231 Å². The number of benzene rings is 6. The quantitative estimate of drug-likeness (QED) is 0.215. The van der Waals surface area contributed by atoms with E-state index in [1.165, 1.54) is 54.9 Å². The molecule has 8 aromatic rings. The number of hydrogen-bond acceptors (Lipinski definition) is 3. The van der Waals surface area contributed by atoms with E-state index in [0.29, 0.717) is 0 Å². The molecule has 3 heteroatoms. The lowest BCUT2D eigenvalue weighted by Crippen LogP contribution is -1.89. The van der Waals surface area contributed by atoms with Gasteiger partial charge in [0.2, 0.25) is 0 Å². The molecule has 0 aliphatic heterocycles. The lowest BCUT2D eigenvalue weighted by atomic mass is 9.94. The Morgan fingerprint density at radius 1 is 0.450 bits per heavy atom. The molecule has 190 valence electrons. The average molecular weight is 515 g/mol. The number of fused-ring (bicyclic) bond motifs is 9. The lowest BCUT2D eigenvalue weighted by molar-refractivity contribution is 0.662. The Morgan fingerprint density at radius 2 is 1.00 bits per heavy atom. The minimum atomic E-state index is 0.945. The summed E-state index contributed by atoms with van der Waals surface area (Å²) in [6.45, 7) is 6.41. The molecule has 0 saturated carbocycles. The first kappa shape index (κ1) is 22.9. The first-order valence-electron chi connectivity index (χ1n) is 13.7. The molecule has 3 nitrogen and oxygen atoms in total. The second-order valence-corrected chi connectivity index (χ2v) is 10.9. The zero-order chi connectivity index (χ0) is 27.0. The van der Waals surface area contributed by atoms with Gasteiger partial charge >= 0.3 is 0 Å². The third kappa shape index (κ3) is 3.37. The van der Waals surface area contributed by atoms with Crippen molar-refractivity contribution < 1.29 is 4.42 Å². The van der Waals surface area contributed by atoms with Crippen LogP contribution in [0.3, 0.4) is 0 Å². The van der Waals surface area contributed by atoms with Crippen molar-refractivity contribution in [1.29, 1.82) is 0 Å². The minimum absolute atomic E-state index is 0.945. The van der Waals surface area contributed by atoms with Crippen molar-refractivity contribution in [3.05, 3.63) is 120 Å². The van der Waals surface area contributed by atoms with Gasteiger partial charge in [-0.2, -0.15) is 0 Å². The van der Waals surface area contributed by atoms with Gasteiger partial charge in [-0.3, -0.25) is 9.97 Å². The van der Waals surface area contributed by atoms with E-state index in [0.717, 1.165) is 38.5 Å². The molecule has 0 bridgehead atoms. The SMILES string of the molecule is Cc1cc(C)c2oc3c(C)cc(-c4ccc(-c5ccc6c(c5)c5ccccc5c5nccnc65)cc4)cc3c2c1. The molecule has 0 N–H and O–H groups in total. The summed E-state index contributed by atoms with van der Waals surface area (Å²) in [5.74, 6) is 0. The number of furan rings is 1. The zero-order valence-corrected chi connectivity index (χ0v) is 22.6. The van der Waals surface area contributed by atoms with Crippen LogP contribution in [0.5, 0.6) is 0 Å². The number of hydrogen-bond donors (Lipinski definition) is 0. The van der Waals surface area contributed by atoms with Gasteiger partial charge in [0.05, 0.1) is 11.0 Å². The molecular formula is C37H26N2O. The van der Waals surface area contributed by atoms with Gasteiger partial charge in [-0.05, 0) is 94.8 Å². The average Bonchev–Trinajstić information content (AvgIpc) is 3.37. The fraction of sp³-hybridized carbons (Fsp3) is 0.0811. The van der Waals surface area contributed by atoms with Crippen molar-refractivity contribution >= 4 is 54.5 Å². The predicted molar refractivity (Wildman–Crippen MR) is 167 cm³/mol. The van der Waals surface area contributed by atoms with Crippen LogP contribution in [0.25, 0.3) is 76.8 Å². The maximum atomic E-state index is 6.32. The molecule has 0 aliphatic rings. The molecule has 0 unspecified atom stereocenters. The normalized spacial score (nSPS) is 11.9. The maximum Gasteiger partial charge on any atom is 0.138 e. The smallest absolute Gasteiger partial charge is 0.138 e. The number of aryl methyl sites for hydroxylation is 3. The number of nitrogens with zero attached hydrogens (tertiary/aromatic N) is 2. The molecule has 0 radical (unpaired) electrons. The highest BCUT2D eigenvalue weighted by atomic mass is 16.3. The van der Waals surface area contributed by atoms with Gasteiger partial charge in [0.25, 0.3) is 0 Å². The Bertz CT molecular complexity index is 2260. The standard InChI is InChI=1S/C37H26N2O/c1-21-16-22(2)36-32(17-21)33-20-27(18-23(3)37(33)40-36)25-10-8-24(9-11-25)26-12-13-30-31(19-26)28-6-4-5-7-29(28)34-35(30)39-15-14-38-34/h4-20H,1-3H3. The summed E-state index contributed by atoms with van der Waals surface area (Å²) in [7, 11) is 0. The molecule has 0 atom stereocenters. The monoisotopic (exact) mass is 514 g/mol. The van der Waals surface area contributed by atoms with Crippen molar-refractivity contribution in [1.82, 2.24) is 9.97 Å². The van der Waals surface area contributed by atoms with Gasteiger partial charge in [-0.15, -0.1) is 0 Å². The van der Waals surface area contributed by atoms with Gasteiger partial charge in [-0.1, -0.05) is 66.7 Å². The maximum absolute atomic E-state index is 6.32. The van der Waals surface area contributed by atoms with Crippen molar-refractivity contribution in [3.8, 4) is 22.3 Å². The number of rotatable bonds is 2. The highest BCUT2D eigenvalue weighted by Crippen LogP contribution is 2.38. The molecule has 2 aromatic heterocycles. The van der Waals surface area contributed by atoms with Crippen LogP contribution in [-0.4, -0.2) is 9.97 Å². The Hall–Kier alpha value is -5.02. The first-order chi connectivity index (χ1) is 19.5. The summed E-state index contributed by atoms with van der Waals surface area (Å²) in [6.07, 6.45) is 3.55. The highest BCUT2D eigenvalue weighted by Gasteiger charge is 2.15. The van der Waals surface area contributed by atoms with Crippen LogP contribution in [0.15, 0.2) is 108 Å². The highest BCUT2D eigenvalue weighted by molar-refractivity contribution is 6.23. The molecular weight excluding hydrogens is 488 g/mol. The van der Waals surface area contributed by atoms with Crippen LogP contribution in [0.1, 0.15) is 16.7 Å². The summed E-state index contributed by atoms with van der Waals surface area (Å²) < 4.78 is 6.32. The van der Waals surface area contributed by atoms with E-state index in [-0.39, 0.29) is 0 Å². The summed E-state index contributed by atoms with van der Waals surface area (Å²) in [5.41, 5.74) is 12.2. The predicted octanol–water partition coefficient (Wildman–Crippen LogP) is 10.1. The topological polar surface area (TPSA) is 38.9 Å².